The zero-order valence-corrected chi connectivity index (χ0v) is 12.1. The van der Waals surface area contributed by atoms with Gasteiger partial charge >= 0.3 is 0 Å². The van der Waals surface area contributed by atoms with Gasteiger partial charge in [0.15, 0.2) is 11.6 Å². The van der Waals surface area contributed by atoms with Crippen molar-refractivity contribution >= 4 is 0 Å². The highest BCUT2D eigenvalue weighted by Gasteiger charge is 2.41. The molecule has 1 fully saturated rings. The van der Waals surface area contributed by atoms with Crippen molar-refractivity contribution in [1.82, 2.24) is 5.43 Å². The molecule has 0 aliphatic heterocycles. The Bertz CT molecular complexity index is 447. The lowest BCUT2D eigenvalue weighted by Crippen LogP contribution is -2.49. The fourth-order valence-corrected chi connectivity index (χ4v) is 3.19. The fourth-order valence-electron chi connectivity index (χ4n) is 3.19. The molecule has 1 unspecified atom stereocenters. The Balaban J connectivity index is 2.40. The molecule has 1 aromatic carbocycles. The molecule has 112 valence electrons. The number of halogens is 1. The van der Waals surface area contributed by atoms with Crippen LogP contribution in [0.25, 0.3) is 0 Å². The molecule has 5 heteroatoms. The molecule has 0 bridgehead atoms. The number of rotatable bonds is 5. The molecule has 1 aliphatic rings. The third kappa shape index (κ3) is 2.66. The van der Waals surface area contributed by atoms with Crippen LogP contribution >= 0.6 is 0 Å². The van der Waals surface area contributed by atoms with E-state index in [1.165, 1.54) is 13.5 Å². The first kappa shape index (κ1) is 15.2. The molecule has 1 aliphatic carbocycles. The maximum Gasteiger partial charge on any atom is 0.169 e. The Labute approximate surface area is 119 Å². The van der Waals surface area contributed by atoms with Gasteiger partial charge in [-0.25, -0.2) is 9.82 Å². The van der Waals surface area contributed by atoms with Gasteiger partial charge in [0.25, 0.3) is 0 Å². The van der Waals surface area contributed by atoms with Crippen LogP contribution in [0.2, 0.25) is 0 Å². The average molecular weight is 282 g/mol. The number of ether oxygens (including phenoxy) is 2. The predicted octanol–water partition coefficient (Wildman–Crippen LogP) is 2.69. The van der Waals surface area contributed by atoms with Gasteiger partial charge in [-0.15, -0.1) is 0 Å². The summed E-state index contributed by atoms with van der Waals surface area (Å²) in [6, 6.07) is 4.72. The standard InChI is InChI=1S/C15H23FN2O2/c1-19-12-8-6-7-11(13(12)16)14(18-17)15(20-2)9-4-3-5-10-15/h6-8,14,18H,3-5,9-10,17H2,1-2H3. The maximum atomic E-state index is 14.5. The summed E-state index contributed by atoms with van der Waals surface area (Å²) >= 11 is 0. The molecule has 1 aromatic rings. The summed E-state index contributed by atoms with van der Waals surface area (Å²) in [5.74, 6) is 5.57. The van der Waals surface area contributed by atoms with Crippen molar-refractivity contribution in [2.24, 2.45) is 5.84 Å². The minimum Gasteiger partial charge on any atom is -0.494 e. The second-order valence-corrected chi connectivity index (χ2v) is 5.29. The Morgan fingerprint density at radius 3 is 2.50 bits per heavy atom. The second kappa shape index (κ2) is 6.52. The highest BCUT2D eigenvalue weighted by atomic mass is 19.1. The molecule has 0 radical (unpaired) electrons. The number of hydrogen-bond acceptors (Lipinski definition) is 4. The molecular weight excluding hydrogens is 259 g/mol. The van der Waals surface area contributed by atoms with E-state index in [1.54, 1.807) is 25.3 Å². The van der Waals surface area contributed by atoms with E-state index in [2.05, 4.69) is 5.43 Å². The number of methoxy groups -OCH3 is 2. The molecule has 0 saturated heterocycles. The molecule has 2 rings (SSSR count). The molecule has 4 nitrogen and oxygen atoms in total. The Kier molecular flexibility index (Phi) is 4.96. The Hall–Kier alpha value is -1.17. The molecule has 0 aromatic heterocycles. The van der Waals surface area contributed by atoms with Gasteiger partial charge in [-0.3, -0.25) is 5.84 Å². The van der Waals surface area contributed by atoms with Gasteiger partial charge < -0.3 is 9.47 Å². The fraction of sp³-hybridized carbons (Fsp3) is 0.600. The van der Waals surface area contributed by atoms with Gasteiger partial charge in [0.05, 0.1) is 18.8 Å². The van der Waals surface area contributed by atoms with Crippen LogP contribution in [0, 0.1) is 5.82 Å². The quantitative estimate of drug-likeness (QED) is 0.644. The predicted molar refractivity (Wildman–Crippen MR) is 75.8 cm³/mol. The second-order valence-electron chi connectivity index (χ2n) is 5.29. The van der Waals surface area contributed by atoms with Crippen LogP contribution in [0.1, 0.15) is 43.7 Å². The molecule has 0 spiro atoms. The minimum atomic E-state index is -0.458. The van der Waals surface area contributed by atoms with Gasteiger partial charge in [-0.05, 0) is 18.9 Å². The lowest BCUT2D eigenvalue weighted by Gasteiger charge is -2.42. The van der Waals surface area contributed by atoms with E-state index < -0.39 is 5.60 Å². The zero-order chi connectivity index (χ0) is 14.6. The molecule has 3 N–H and O–H groups in total. The van der Waals surface area contributed by atoms with Gasteiger partial charge in [0, 0.05) is 12.7 Å². The lowest BCUT2D eigenvalue weighted by atomic mass is 9.76. The van der Waals surface area contributed by atoms with Crippen molar-refractivity contribution in [3.63, 3.8) is 0 Å². The van der Waals surface area contributed by atoms with Crippen molar-refractivity contribution in [3.05, 3.63) is 29.6 Å². The van der Waals surface area contributed by atoms with Crippen LogP contribution in [0.15, 0.2) is 18.2 Å². The first-order valence-electron chi connectivity index (χ1n) is 7.02. The van der Waals surface area contributed by atoms with Gasteiger partial charge in [0.2, 0.25) is 0 Å². The van der Waals surface area contributed by atoms with Gasteiger partial charge in [-0.1, -0.05) is 31.4 Å². The van der Waals surface area contributed by atoms with Gasteiger partial charge in [-0.2, -0.15) is 0 Å². The molecule has 0 heterocycles. The lowest BCUT2D eigenvalue weighted by molar-refractivity contribution is -0.0696. The Morgan fingerprint density at radius 1 is 1.25 bits per heavy atom. The third-order valence-corrected chi connectivity index (χ3v) is 4.32. The number of nitrogens with one attached hydrogen (secondary N) is 1. The van der Waals surface area contributed by atoms with E-state index in [9.17, 15) is 4.39 Å². The van der Waals surface area contributed by atoms with E-state index in [0.717, 1.165) is 25.7 Å². The van der Waals surface area contributed by atoms with E-state index in [-0.39, 0.29) is 17.6 Å². The molecular formula is C15H23FN2O2. The van der Waals surface area contributed by atoms with Crippen LogP contribution in [-0.2, 0) is 4.74 Å². The summed E-state index contributed by atoms with van der Waals surface area (Å²) in [5, 5.41) is 0. The van der Waals surface area contributed by atoms with Crippen LogP contribution in [0.4, 0.5) is 4.39 Å². The molecule has 0 amide bonds. The molecule has 1 atom stereocenters. The highest BCUT2D eigenvalue weighted by Crippen LogP contribution is 2.42. The smallest absolute Gasteiger partial charge is 0.169 e. The first-order valence-corrected chi connectivity index (χ1v) is 7.02. The topological polar surface area (TPSA) is 56.5 Å². The Morgan fingerprint density at radius 2 is 1.95 bits per heavy atom. The monoisotopic (exact) mass is 282 g/mol. The SMILES string of the molecule is COc1cccc(C(NN)C2(OC)CCCCC2)c1F. The van der Waals surface area contributed by atoms with Gasteiger partial charge in [0.1, 0.15) is 0 Å². The highest BCUT2D eigenvalue weighted by molar-refractivity contribution is 5.34. The number of hydrogen-bond donors (Lipinski definition) is 2. The van der Waals surface area contributed by atoms with Crippen LogP contribution in [0.3, 0.4) is 0 Å². The summed E-state index contributed by atoms with van der Waals surface area (Å²) in [4.78, 5) is 0. The summed E-state index contributed by atoms with van der Waals surface area (Å²) in [6.07, 6.45) is 5.06. The van der Waals surface area contributed by atoms with E-state index >= 15 is 0 Å². The third-order valence-electron chi connectivity index (χ3n) is 4.32. The maximum absolute atomic E-state index is 14.5. The first-order chi connectivity index (χ1) is 9.68. The largest absolute Gasteiger partial charge is 0.494 e. The normalized spacial score (nSPS) is 19.6. The number of hydrazine groups is 1. The summed E-state index contributed by atoms with van der Waals surface area (Å²) in [5.41, 5.74) is 2.79. The molecule has 1 saturated carbocycles. The van der Waals surface area contributed by atoms with E-state index in [0.29, 0.717) is 5.56 Å². The van der Waals surface area contributed by atoms with E-state index in [1.807, 2.05) is 0 Å². The van der Waals surface area contributed by atoms with Crippen molar-refractivity contribution in [2.75, 3.05) is 14.2 Å². The van der Waals surface area contributed by atoms with Crippen molar-refractivity contribution < 1.29 is 13.9 Å². The summed E-state index contributed by atoms with van der Waals surface area (Å²) in [7, 11) is 3.13. The zero-order valence-electron chi connectivity index (χ0n) is 12.1. The van der Waals surface area contributed by atoms with Crippen LogP contribution in [0.5, 0.6) is 5.75 Å². The van der Waals surface area contributed by atoms with E-state index in [4.69, 9.17) is 15.3 Å². The number of benzene rings is 1. The molecule has 20 heavy (non-hydrogen) atoms. The number of nitrogens with two attached hydrogens (primary N) is 1. The summed E-state index contributed by atoms with van der Waals surface area (Å²) in [6.45, 7) is 0. The van der Waals surface area contributed by atoms with Crippen molar-refractivity contribution in [1.29, 1.82) is 0 Å². The van der Waals surface area contributed by atoms with Crippen molar-refractivity contribution in [3.8, 4) is 5.75 Å². The summed E-state index contributed by atoms with van der Waals surface area (Å²) < 4.78 is 25.3. The average Bonchev–Trinajstić information content (AvgIpc) is 2.50. The minimum absolute atomic E-state index is 0.227. The van der Waals surface area contributed by atoms with Crippen LogP contribution in [-0.4, -0.2) is 19.8 Å². The van der Waals surface area contributed by atoms with Crippen molar-refractivity contribution in [2.45, 2.75) is 43.7 Å². The van der Waals surface area contributed by atoms with Crippen LogP contribution < -0.4 is 16.0 Å².